The molecule has 1 aliphatic rings. The first-order valence-corrected chi connectivity index (χ1v) is 12.0. The zero-order valence-corrected chi connectivity index (χ0v) is 19.3. The summed E-state index contributed by atoms with van der Waals surface area (Å²) in [6, 6.07) is 24.7. The molecule has 4 nitrogen and oxygen atoms in total. The molecule has 33 heavy (non-hydrogen) atoms. The fourth-order valence-electron chi connectivity index (χ4n) is 4.50. The first-order chi connectivity index (χ1) is 16.2. The molecule has 0 radical (unpaired) electrons. The molecule has 3 heterocycles. The number of rotatable bonds is 4. The van der Waals surface area contributed by atoms with E-state index in [1.807, 2.05) is 30.5 Å². The van der Waals surface area contributed by atoms with E-state index in [0.717, 1.165) is 17.7 Å². The van der Waals surface area contributed by atoms with Crippen molar-refractivity contribution in [1.29, 1.82) is 0 Å². The summed E-state index contributed by atoms with van der Waals surface area (Å²) in [5.74, 6) is 0.462. The largest absolute Gasteiger partial charge is 0.348 e. The lowest BCUT2D eigenvalue weighted by Gasteiger charge is -2.29. The number of hydrogen-bond acceptors (Lipinski definition) is 4. The van der Waals surface area contributed by atoms with Crippen molar-refractivity contribution < 1.29 is 4.79 Å². The molecule has 2 aromatic heterocycles. The highest BCUT2D eigenvalue weighted by Crippen LogP contribution is 2.44. The number of carbonyl (C=O) groups excluding carboxylic acids is 1. The number of aromatic nitrogens is 2. The Morgan fingerprint density at radius 3 is 2.70 bits per heavy atom. The molecule has 5 heteroatoms. The van der Waals surface area contributed by atoms with Gasteiger partial charge in [-0.2, -0.15) is 0 Å². The highest BCUT2D eigenvalue weighted by molar-refractivity contribution is 7.99. The van der Waals surface area contributed by atoms with E-state index in [4.69, 9.17) is 4.98 Å². The van der Waals surface area contributed by atoms with Gasteiger partial charge >= 0.3 is 0 Å². The van der Waals surface area contributed by atoms with Crippen LogP contribution in [0.2, 0.25) is 0 Å². The maximum atomic E-state index is 12.9. The van der Waals surface area contributed by atoms with Gasteiger partial charge in [0, 0.05) is 52.1 Å². The predicted molar refractivity (Wildman–Crippen MR) is 131 cm³/mol. The average Bonchev–Trinajstić information content (AvgIpc) is 2.85. The van der Waals surface area contributed by atoms with Crippen molar-refractivity contribution in [2.45, 2.75) is 35.6 Å². The maximum Gasteiger partial charge on any atom is 0.251 e. The molecule has 0 fully saturated rings. The minimum Gasteiger partial charge on any atom is -0.348 e. The zero-order valence-electron chi connectivity index (χ0n) is 18.4. The molecule has 5 rings (SSSR count). The second-order valence-corrected chi connectivity index (χ2v) is 9.50. The third-order valence-corrected chi connectivity index (χ3v) is 7.30. The molecule has 1 N–H and O–H groups in total. The topological polar surface area (TPSA) is 54.9 Å². The number of carbonyl (C=O) groups is 1. The number of pyridine rings is 2. The molecule has 0 aliphatic carbocycles. The molecule has 2 unspecified atom stereocenters. The number of fused-ring (bicyclic) bond motifs is 2. The van der Waals surface area contributed by atoms with E-state index in [-0.39, 0.29) is 11.8 Å². The van der Waals surface area contributed by atoms with Gasteiger partial charge in [0.15, 0.2) is 0 Å². The summed E-state index contributed by atoms with van der Waals surface area (Å²) >= 11 is 1.78. The van der Waals surface area contributed by atoms with Crippen LogP contribution in [0.15, 0.2) is 101 Å². The molecule has 1 amide bonds. The van der Waals surface area contributed by atoms with Gasteiger partial charge in [-0.25, -0.2) is 0 Å². The van der Waals surface area contributed by atoms with Gasteiger partial charge in [-0.1, -0.05) is 49.0 Å². The molecule has 0 spiro atoms. The van der Waals surface area contributed by atoms with Crippen LogP contribution >= 0.6 is 11.8 Å². The van der Waals surface area contributed by atoms with Gasteiger partial charge in [0.2, 0.25) is 0 Å². The van der Waals surface area contributed by atoms with Crippen molar-refractivity contribution in [2.24, 2.45) is 5.92 Å². The molecule has 0 bridgehead atoms. The molecule has 2 aromatic carbocycles. The third-order valence-electron chi connectivity index (χ3n) is 6.09. The van der Waals surface area contributed by atoms with Gasteiger partial charge in [0.25, 0.3) is 5.91 Å². The summed E-state index contributed by atoms with van der Waals surface area (Å²) < 4.78 is 0. The Kier molecular flexibility index (Phi) is 6.22. The highest BCUT2D eigenvalue weighted by atomic mass is 32.2. The van der Waals surface area contributed by atoms with Crippen LogP contribution < -0.4 is 5.32 Å². The Morgan fingerprint density at radius 2 is 1.88 bits per heavy atom. The molecule has 2 atom stereocenters. The van der Waals surface area contributed by atoms with Gasteiger partial charge in [-0.05, 0) is 71.5 Å². The Hall–Kier alpha value is -3.44. The van der Waals surface area contributed by atoms with Crippen molar-refractivity contribution in [2.75, 3.05) is 0 Å². The predicted octanol–water partition coefficient (Wildman–Crippen LogP) is 5.88. The van der Waals surface area contributed by atoms with Gasteiger partial charge < -0.3 is 5.32 Å². The average molecular weight is 452 g/mol. The van der Waals surface area contributed by atoms with E-state index in [0.29, 0.717) is 18.0 Å². The Bertz CT molecular complexity index is 1260. The SMILES string of the molecule is CC1Cc2cc(C(=O)NCc3cccnc3)ccc2Sc2ccccc2C1c1ccccn1. The highest BCUT2D eigenvalue weighted by Gasteiger charge is 2.28. The normalized spacial score (nSPS) is 17.2. The van der Waals surface area contributed by atoms with E-state index in [1.165, 1.54) is 20.9 Å². The van der Waals surface area contributed by atoms with Crippen LogP contribution in [0.4, 0.5) is 0 Å². The number of benzene rings is 2. The van der Waals surface area contributed by atoms with Crippen LogP contribution in [0, 0.1) is 5.92 Å². The van der Waals surface area contributed by atoms with Crippen molar-refractivity contribution in [1.82, 2.24) is 15.3 Å². The molecular formula is C28H25N3OS. The van der Waals surface area contributed by atoms with Crippen molar-refractivity contribution in [3.8, 4) is 0 Å². The minimum atomic E-state index is -0.0666. The van der Waals surface area contributed by atoms with Crippen LogP contribution in [0.5, 0.6) is 0 Å². The molecule has 0 saturated heterocycles. The van der Waals surface area contributed by atoms with Crippen molar-refractivity contribution >= 4 is 17.7 Å². The molecule has 164 valence electrons. The quantitative estimate of drug-likeness (QED) is 0.421. The fourth-order valence-corrected chi connectivity index (χ4v) is 5.60. The minimum absolute atomic E-state index is 0.0666. The summed E-state index contributed by atoms with van der Waals surface area (Å²) in [6.45, 7) is 2.75. The summed E-state index contributed by atoms with van der Waals surface area (Å²) in [4.78, 5) is 24.1. The molecule has 0 saturated carbocycles. The Balaban J connectivity index is 1.46. The van der Waals surface area contributed by atoms with Crippen molar-refractivity contribution in [3.63, 3.8) is 0 Å². The summed E-state index contributed by atoms with van der Waals surface area (Å²) in [5, 5.41) is 3.02. The van der Waals surface area contributed by atoms with Crippen LogP contribution in [0.3, 0.4) is 0 Å². The van der Waals surface area contributed by atoms with Gasteiger partial charge in [0.1, 0.15) is 0 Å². The van der Waals surface area contributed by atoms with Crippen LogP contribution in [-0.2, 0) is 13.0 Å². The Morgan fingerprint density at radius 1 is 1.00 bits per heavy atom. The van der Waals surface area contributed by atoms with Gasteiger partial charge in [0.05, 0.1) is 0 Å². The molecule has 4 aromatic rings. The van der Waals surface area contributed by atoms with Crippen LogP contribution in [0.1, 0.15) is 45.6 Å². The van der Waals surface area contributed by atoms with E-state index in [2.05, 4.69) is 65.8 Å². The lowest BCUT2D eigenvalue weighted by atomic mass is 9.80. The first kappa shape index (κ1) is 21.4. The van der Waals surface area contributed by atoms with E-state index >= 15 is 0 Å². The van der Waals surface area contributed by atoms with E-state index in [1.54, 1.807) is 24.2 Å². The Labute approximate surface area is 198 Å². The van der Waals surface area contributed by atoms with Crippen molar-refractivity contribution in [3.05, 3.63) is 119 Å². The number of hydrogen-bond donors (Lipinski definition) is 1. The van der Waals surface area contributed by atoms with E-state index < -0.39 is 0 Å². The lowest BCUT2D eigenvalue weighted by Crippen LogP contribution is -2.23. The number of nitrogens with one attached hydrogen (secondary N) is 1. The second kappa shape index (κ2) is 9.59. The molecular weight excluding hydrogens is 426 g/mol. The fraction of sp³-hybridized carbons (Fsp3) is 0.179. The van der Waals surface area contributed by atoms with E-state index in [9.17, 15) is 4.79 Å². The zero-order chi connectivity index (χ0) is 22.6. The van der Waals surface area contributed by atoms with Crippen LogP contribution in [-0.4, -0.2) is 15.9 Å². The van der Waals surface area contributed by atoms with Gasteiger partial charge in [-0.15, -0.1) is 0 Å². The third kappa shape index (κ3) is 4.69. The summed E-state index contributed by atoms with van der Waals surface area (Å²) in [6.07, 6.45) is 6.25. The summed E-state index contributed by atoms with van der Waals surface area (Å²) in [7, 11) is 0. The smallest absolute Gasteiger partial charge is 0.251 e. The second-order valence-electron chi connectivity index (χ2n) is 8.42. The number of nitrogens with zero attached hydrogens (tertiary/aromatic N) is 2. The summed E-state index contributed by atoms with van der Waals surface area (Å²) in [5.41, 5.74) is 5.28. The van der Waals surface area contributed by atoms with Gasteiger partial charge in [-0.3, -0.25) is 14.8 Å². The standard InChI is InChI=1S/C28H25N3OS/c1-19-15-22-16-21(28(32)31-18-20-7-6-13-29-17-20)11-12-25(22)33-26-10-3-2-8-23(26)27(19)24-9-4-5-14-30-24/h2-14,16-17,19,27H,15,18H2,1H3,(H,31,32). The lowest BCUT2D eigenvalue weighted by molar-refractivity contribution is 0.0950. The van der Waals surface area contributed by atoms with Crippen LogP contribution in [0.25, 0.3) is 0 Å². The number of amides is 1. The first-order valence-electron chi connectivity index (χ1n) is 11.2. The maximum absolute atomic E-state index is 12.9. The molecule has 1 aliphatic heterocycles. The monoisotopic (exact) mass is 451 g/mol.